The van der Waals surface area contributed by atoms with Gasteiger partial charge in [0.2, 0.25) is 10.0 Å². The quantitative estimate of drug-likeness (QED) is 0.485. The van der Waals surface area contributed by atoms with Crippen LogP contribution in [-0.2, 0) is 38.7 Å². The maximum atomic E-state index is 13.9. The number of benzene rings is 1. The molecule has 12 heteroatoms. The highest BCUT2D eigenvalue weighted by Gasteiger charge is 2.43. The summed E-state index contributed by atoms with van der Waals surface area (Å²) < 4.78 is 87.4. The topological polar surface area (TPSA) is 81.5 Å². The van der Waals surface area contributed by atoms with Crippen molar-refractivity contribution in [2.24, 2.45) is 0 Å². The number of sulfonamides is 1. The lowest BCUT2D eigenvalue weighted by molar-refractivity contribution is -0.144. The second-order valence-corrected chi connectivity index (χ2v) is 9.02. The number of alkyl halides is 3. The first-order valence-electron chi connectivity index (χ1n) is 9.52. The first-order chi connectivity index (χ1) is 14.5. The molecule has 1 atom stereocenters. The van der Waals surface area contributed by atoms with Gasteiger partial charge in [-0.15, -0.1) is 0 Å². The Morgan fingerprint density at radius 2 is 2.06 bits per heavy atom. The van der Waals surface area contributed by atoms with Crippen LogP contribution in [0.5, 0.6) is 0 Å². The summed E-state index contributed by atoms with van der Waals surface area (Å²) in [4.78, 5) is 10.6. The molecule has 0 aliphatic heterocycles. The Labute approximate surface area is 176 Å². The summed E-state index contributed by atoms with van der Waals surface area (Å²) in [5, 5.41) is 4.13. The molecule has 0 saturated heterocycles. The predicted octanol–water partition coefficient (Wildman–Crippen LogP) is 3.30. The smallest absolute Gasteiger partial charge is 0.420 e. The molecule has 1 aliphatic carbocycles. The summed E-state index contributed by atoms with van der Waals surface area (Å²) in [5.41, 5.74) is -0.718. The van der Waals surface area contributed by atoms with Gasteiger partial charge in [-0.05, 0) is 38.3 Å². The molecule has 1 aromatic carbocycles. The van der Waals surface area contributed by atoms with Gasteiger partial charge in [-0.1, -0.05) is 6.07 Å². The molecule has 0 spiro atoms. The number of carbonyl (C=O) groups excluding carboxylic acids is 1. The number of esters is 1. The molecule has 1 heterocycles. The number of hydrogen-bond acceptors (Lipinski definition) is 5. The predicted molar refractivity (Wildman–Crippen MR) is 101 cm³/mol. The van der Waals surface area contributed by atoms with Crippen LogP contribution in [0.1, 0.15) is 42.6 Å². The van der Waals surface area contributed by atoms with Crippen molar-refractivity contribution >= 4 is 16.0 Å². The number of nitrogens with zero attached hydrogens (tertiary/aromatic N) is 3. The molecule has 7 nitrogen and oxygen atoms in total. The van der Waals surface area contributed by atoms with Gasteiger partial charge in [0.1, 0.15) is 17.9 Å². The number of halogens is 4. The highest BCUT2D eigenvalue weighted by atomic mass is 32.2. The average Bonchev–Trinajstić information content (AvgIpc) is 3.09. The molecular formula is C19H21F4N3O4S. The number of hydrogen-bond donors (Lipinski definition) is 0. The molecule has 31 heavy (non-hydrogen) atoms. The van der Waals surface area contributed by atoms with Crippen LogP contribution in [0.3, 0.4) is 0 Å². The summed E-state index contributed by atoms with van der Waals surface area (Å²) in [6.45, 7) is 1.70. The molecule has 0 unspecified atom stereocenters. The molecule has 0 N–H and O–H groups in total. The zero-order valence-corrected chi connectivity index (χ0v) is 17.6. The third-order valence-corrected chi connectivity index (χ3v) is 7.08. The Morgan fingerprint density at radius 3 is 2.71 bits per heavy atom. The molecule has 0 fully saturated rings. The molecule has 0 saturated carbocycles. The summed E-state index contributed by atoms with van der Waals surface area (Å²) in [6.07, 6.45) is -2.39. The van der Waals surface area contributed by atoms with Crippen LogP contribution in [0.15, 0.2) is 29.3 Å². The van der Waals surface area contributed by atoms with Gasteiger partial charge in [0, 0.05) is 18.3 Å². The second kappa shape index (κ2) is 8.58. The Morgan fingerprint density at radius 1 is 1.35 bits per heavy atom. The average molecular weight is 463 g/mol. The Kier molecular flexibility index (Phi) is 6.42. The number of aromatic nitrogens is 2. The number of rotatable bonds is 6. The van der Waals surface area contributed by atoms with E-state index in [0.717, 1.165) is 23.5 Å². The Balaban J connectivity index is 1.99. The van der Waals surface area contributed by atoms with Crippen LogP contribution in [0.2, 0.25) is 0 Å². The van der Waals surface area contributed by atoms with Crippen molar-refractivity contribution in [3.05, 3.63) is 47.0 Å². The van der Waals surface area contributed by atoms with E-state index in [1.54, 1.807) is 6.92 Å². The molecule has 170 valence electrons. The summed E-state index contributed by atoms with van der Waals surface area (Å²) in [6, 6.07) is 1.43. The van der Waals surface area contributed by atoms with Gasteiger partial charge in [-0.25, -0.2) is 12.8 Å². The van der Waals surface area contributed by atoms with Crippen molar-refractivity contribution < 1.29 is 35.5 Å². The fraction of sp³-hybridized carbons (Fsp3) is 0.474. The van der Waals surface area contributed by atoms with Gasteiger partial charge < -0.3 is 4.74 Å². The van der Waals surface area contributed by atoms with Crippen LogP contribution >= 0.6 is 0 Å². The van der Waals surface area contributed by atoms with E-state index in [0.29, 0.717) is 36.6 Å². The second-order valence-electron chi connectivity index (χ2n) is 7.05. The number of ether oxygens (including phenoxy) is 1. The fourth-order valence-electron chi connectivity index (χ4n) is 3.76. The first kappa shape index (κ1) is 23.2. The Bertz CT molecular complexity index is 1080. The van der Waals surface area contributed by atoms with Gasteiger partial charge in [0.25, 0.3) is 0 Å². The summed E-state index contributed by atoms with van der Waals surface area (Å²) in [5.74, 6) is -2.17. The van der Waals surface area contributed by atoms with E-state index >= 15 is 0 Å². The van der Waals surface area contributed by atoms with Crippen LogP contribution < -0.4 is 0 Å². The maximum absolute atomic E-state index is 13.9. The summed E-state index contributed by atoms with van der Waals surface area (Å²) >= 11 is 0. The van der Waals surface area contributed by atoms with E-state index in [2.05, 4.69) is 5.10 Å². The van der Waals surface area contributed by atoms with E-state index in [4.69, 9.17) is 4.74 Å². The first-order valence-corrected chi connectivity index (χ1v) is 11.0. The number of fused-ring (bicyclic) bond motifs is 1. The molecule has 0 amide bonds. The zero-order valence-electron chi connectivity index (χ0n) is 16.8. The van der Waals surface area contributed by atoms with Gasteiger partial charge in [-0.3, -0.25) is 9.48 Å². The van der Waals surface area contributed by atoms with Gasteiger partial charge in [0.15, 0.2) is 0 Å². The Hall–Kier alpha value is -2.47. The molecular weight excluding hydrogens is 442 g/mol. The lowest BCUT2D eigenvalue weighted by atomic mass is 9.93. The zero-order chi connectivity index (χ0) is 23.0. The lowest BCUT2D eigenvalue weighted by Crippen LogP contribution is -2.35. The fourth-order valence-corrected chi connectivity index (χ4v) is 5.34. The lowest BCUT2D eigenvalue weighted by Gasteiger charge is -2.31. The van der Waals surface area contributed by atoms with E-state index in [9.17, 15) is 30.8 Å². The molecule has 0 radical (unpaired) electrons. The maximum Gasteiger partial charge on any atom is 0.420 e. The van der Waals surface area contributed by atoms with Crippen molar-refractivity contribution in [2.45, 2.75) is 49.8 Å². The van der Waals surface area contributed by atoms with Crippen LogP contribution in [-0.4, -0.2) is 42.1 Å². The van der Waals surface area contributed by atoms with Gasteiger partial charge in [-0.2, -0.15) is 22.6 Å². The third-order valence-electron chi connectivity index (χ3n) is 5.17. The van der Waals surface area contributed by atoms with Crippen molar-refractivity contribution in [1.29, 1.82) is 0 Å². The molecule has 0 bridgehead atoms. The third kappa shape index (κ3) is 4.45. The SMILES string of the molecule is CCOC(=O)Cn1ncc2c1CCC[C@H]2N(C)S(=O)(=O)c1cccc(F)c1C(F)(F)F. The minimum absolute atomic E-state index is 0.158. The van der Waals surface area contributed by atoms with Crippen LogP contribution in [0.25, 0.3) is 0 Å². The monoisotopic (exact) mass is 463 g/mol. The van der Waals surface area contributed by atoms with E-state index in [1.807, 2.05) is 0 Å². The summed E-state index contributed by atoms with van der Waals surface area (Å²) in [7, 11) is -3.54. The molecule has 3 rings (SSSR count). The van der Waals surface area contributed by atoms with E-state index in [1.165, 1.54) is 10.9 Å². The van der Waals surface area contributed by atoms with E-state index in [-0.39, 0.29) is 13.2 Å². The van der Waals surface area contributed by atoms with E-state index < -0.39 is 44.5 Å². The number of carbonyl (C=O) groups is 1. The van der Waals surface area contributed by atoms with Crippen LogP contribution in [0.4, 0.5) is 17.6 Å². The molecule has 1 aliphatic rings. The normalized spacial score (nSPS) is 16.9. The molecule has 1 aromatic heterocycles. The van der Waals surface area contributed by atoms with Crippen molar-refractivity contribution in [2.75, 3.05) is 13.7 Å². The minimum Gasteiger partial charge on any atom is -0.465 e. The largest absolute Gasteiger partial charge is 0.465 e. The van der Waals surface area contributed by atoms with Gasteiger partial charge >= 0.3 is 12.1 Å². The van der Waals surface area contributed by atoms with Crippen LogP contribution in [0, 0.1) is 5.82 Å². The van der Waals surface area contributed by atoms with Crippen molar-refractivity contribution in [3.63, 3.8) is 0 Å². The minimum atomic E-state index is -5.18. The highest BCUT2D eigenvalue weighted by molar-refractivity contribution is 7.89. The molecule has 2 aromatic rings. The van der Waals surface area contributed by atoms with Crippen molar-refractivity contribution in [1.82, 2.24) is 14.1 Å². The highest BCUT2D eigenvalue weighted by Crippen LogP contribution is 2.40. The standard InChI is InChI=1S/C19H21F4N3O4S/c1-3-30-17(27)11-26-15-8-5-7-14(12(15)10-24-26)25(2)31(28,29)16-9-4-6-13(20)18(16)19(21,22)23/h4,6,9-10,14H,3,5,7-8,11H2,1-2H3/t14-/m1/s1. The van der Waals surface area contributed by atoms with Gasteiger partial charge in [0.05, 0.1) is 23.7 Å². The van der Waals surface area contributed by atoms with Crippen molar-refractivity contribution in [3.8, 4) is 0 Å².